The number of thioether (sulfide) groups is 1. The Morgan fingerprint density at radius 2 is 1.57 bits per heavy atom. The van der Waals surface area contributed by atoms with Crippen molar-refractivity contribution in [1.82, 2.24) is 5.16 Å². The molecule has 0 amide bonds. The monoisotopic (exact) mass is 335 g/mol. The fourth-order valence-electron chi connectivity index (χ4n) is 2.30. The molecule has 1 heterocycles. The molecule has 0 aliphatic heterocycles. The second kappa shape index (κ2) is 6.12. The van der Waals surface area contributed by atoms with E-state index in [4.69, 9.17) is 0 Å². The fraction of sp³-hybridized carbons (Fsp3) is 0.118. The molecule has 23 heavy (non-hydrogen) atoms. The Morgan fingerprint density at radius 1 is 0.913 bits per heavy atom. The van der Waals surface area contributed by atoms with Gasteiger partial charge in [0.2, 0.25) is 5.76 Å². The minimum atomic E-state index is -4.60. The van der Waals surface area contributed by atoms with Gasteiger partial charge in [0.05, 0.1) is 5.56 Å². The third-order valence-corrected chi connectivity index (χ3v) is 4.12. The Balaban J connectivity index is 2.19. The predicted octanol–water partition coefficient (Wildman–Crippen LogP) is 5.75. The quantitative estimate of drug-likeness (QED) is 0.570. The number of benzene rings is 2. The maximum atomic E-state index is 13.2. The number of nitrogens with zero attached hydrogens (tertiary/aromatic N) is 1. The first kappa shape index (κ1) is 15.7. The van der Waals surface area contributed by atoms with E-state index in [0.717, 1.165) is 4.90 Å². The highest BCUT2D eigenvalue weighted by molar-refractivity contribution is 7.98. The van der Waals surface area contributed by atoms with Crippen LogP contribution in [0.25, 0.3) is 22.4 Å². The van der Waals surface area contributed by atoms with Gasteiger partial charge in [0, 0.05) is 10.5 Å². The summed E-state index contributed by atoms with van der Waals surface area (Å²) in [6, 6.07) is 15.5. The standard InChI is InChI=1S/C17H12F3NOS/c1-23-13-9-7-12(8-10-13)15-14(11-5-3-2-4-6-11)16(22-21-15)17(18,19)20/h2-10H,1H3. The molecule has 0 unspecified atom stereocenters. The number of alkyl halides is 3. The fourth-order valence-corrected chi connectivity index (χ4v) is 2.71. The molecule has 2 aromatic carbocycles. The lowest BCUT2D eigenvalue weighted by Crippen LogP contribution is -2.05. The minimum absolute atomic E-state index is 0.0324. The summed E-state index contributed by atoms with van der Waals surface area (Å²) >= 11 is 1.56. The van der Waals surface area contributed by atoms with E-state index < -0.39 is 11.9 Å². The highest BCUT2D eigenvalue weighted by Gasteiger charge is 2.40. The lowest BCUT2D eigenvalue weighted by atomic mass is 9.99. The van der Waals surface area contributed by atoms with Gasteiger partial charge < -0.3 is 4.52 Å². The number of aromatic nitrogens is 1. The first-order valence-electron chi connectivity index (χ1n) is 6.77. The first-order chi connectivity index (χ1) is 11.0. The van der Waals surface area contributed by atoms with Crippen molar-refractivity contribution in [2.75, 3.05) is 6.26 Å². The Hall–Kier alpha value is -2.21. The molecule has 0 aliphatic rings. The van der Waals surface area contributed by atoms with Crippen molar-refractivity contribution in [3.05, 3.63) is 60.4 Å². The molecule has 3 aromatic rings. The Kier molecular flexibility index (Phi) is 4.17. The van der Waals surface area contributed by atoms with Gasteiger partial charge >= 0.3 is 6.18 Å². The summed E-state index contributed by atoms with van der Waals surface area (Å²) in [7, 11) is 0. The Labute approximate surface area is 135 Å². The minimum Gasteiger partial charge on any atom is -0.350 e. The van der Waals surface area contributed by atoms with E-state index in [0.29, 0.717) is 11.1 Å². The molecule has 0 radical (unpaired) electrons. The highest BCUT2D eigenvalue weighted by Crippen LogP contribution is 2.42. The van der Waals surface area contributed by atoms with Crippen molar-refractivity contribution in [3.8, 4) is 22.4 Å². The van der Waals surface area contributed by atoms with E-state index in [9.17, 15) is 13.2 Å². The third-order valence-electron chi connectivity index (χ3n) is 3.38. The summed E-state index contributed by atoms with van der Waals surface area (Å²) in [6.07, 6.45) is -2.67. The van der Waals surface area contributed by atoms with Crippen molar-refractivity contribution >= 4 is 11.8 Å². The molecule has 0 saturated heterocycles. The molecule has 0 N–H and O–H groups in total. The van der Waals surface area contributed by atoms with Crippen LogP contribution in [0.5, 0.6) is 0 Å². The van der Waals surface area contributed by atoms with Crippen LogP contribution in [0.3, 0.4) is 0 Å². The van der Waals surface area contributed by atoms with Crippen LogP contribution in [-0.2, 0) is 6.18 Å². The van der Waals surface area contributed by atoms with Crippen molar-refractivity contribution in [2.45, 2.75) is 11.1 Å². The second-order valence-corrected chi connectivity index (χ2v) is 5.71. The predicted molar refractivity (Wildman–Crippen MR) is 84.2 cm³/mol. The lowest BCUT2D eigenvalue weighted by Gasteiger charge is -2.07. The van der Waals surface area contributed by atoms with Crippen LogP contribution in [0, 0.1) is 0 Å². The van der Waals surface area contributed by atoms with Gasteiger partial charge in [-0.05, 0) is 24.0 Å². The molecule has 0 bridgehead atoms. The average molecular weight is 335 g/mol. The van der Waals surface area contributed by atoms with Crippen molar-refractivity contribution in [3.63, 3.8) is 0 Å². The van der Waals surface area contributed by atoms with Gasteiger partial charge in [-0.1, -0.05) is 47.6 Å². The first-order valence-corrected chi connectivity index (χ1v) is 8.00. The molecule has 0 saturated carbocycles. The van der Waals surface area contributed by atoms with E-state index in [2.05, 4.69) is 9.68 Å². The molecule has 3 rings (SSSR count). The second-order valence-electron chi connectivity index (χ2n) is 4.83. The Bertz CT molecular complexity index is 795. The molecule has 2 nitrogen and oxygen atoms in total. The van der Waals surface area contributed by atoms with Gasteiger partial charge in [0.25, 0.3) is 0 Å². The van der Waals surface area contributed by atoms with Crippen molar-refractivity contribution < 1.29 is 17.7 Å². The SMILES string of the molecule is CSc1ccc(-c2noc(C(F)(F)F)c2-c2ccccc2)cc1. The van der Waals surface area contributed by atoms with Crippen LogP contribution in [0.4, 0.5) is 13.2 Å². The van der Waals surface area contributed by atoms with E-state index in [1.165, 1.54) is 0 Å². The zero-order chi connectivity index (χ0) is 16.4. The van der Waals surface area contributed by atoms with Crippen LogP contribution in [-0.4, -0.2) is 11.4 Å². The van der Waals surface area contributed by atoms with Crippen LogP contribution in [0.1, 0.15) is 5.76 Å². The molecular formula is C17H12F3NOS. The lowest BCUT2D eigenvalue weighted by molar-refractivity contribution is -0.154. The molecule has 0 spiro atoms. The smallest absolute Gasteiger partial charge is 0.350 e. The number of hydrogen-bond acceptors (Lipinski definition) is 3. The van der Waals surface area contributed by atoms with Gasteiger partial charge in [0.1, 0.15) is 5.69 Å². The van der Waals surface area contributed by atoms with Gasteiger partial charge in [-0.3, -0.25) is 0 Å². The van der Waals surface area contributed by atoms with Gasteiger partial charge in [-0.2, -0.15) is 13.2 Å². The normalized spacial score (nSPS) is 11.7. The largest absolute Gasteiger partial charge is 0.453 e. The van der Waals surface area contributed by atoms with Crippen molar-refractivity contribution in [1.29, 1.82) is 0 Å². The van der Waals surface area contributed by atoms with Gasteiger partial charge in [-0.15, -0.1) is 11.8 Å². The zero-order valence-electron chi connectivity index (χ0n) is 12.1. The molecule has 0 fully saturated rings. The van der Waals surface area contributed by atoms with E-state index >= 15 is 0 Å². The molecule has 118 valence electrons. The highest BCUT2D eigenvalue weighted by atomic mass is 32.2. The summed E-state index contributed by atoms with van der Waals surface area (Å²) in [6.45, 7) is 0. The molecular weight excluding hydrogens is 323 g/mol. The summed E-state index contributed by atoms with van der Waals surface area (Å²) in [4.78, 5) is 1.02. The maximum Gasteiger partial charge on any atom is 0.453 e. The van der Waals surface area contributed by atoms with Crippen LogP contribution in [0.15, 0.2) is 64.0 Å². The summed E-state index contributed by atoms with van der Waals surface area (Å²) in [5.41, 5.74) is 1.16. The van der Waals surface area contributed by atoms with Crippen molar-refractivity contribution in [2.24, 2.45) is 0 Å². The summed E-state index contributed by atoms with van der Waals surface area (Å²) in [5.74, 6) is -1.08. The van der Waals surface area contributed by atoms with E-state index in [1.54, 1.807) is 54.2 Å². The number of hydrogen-bond donors (Lipinski definition) is 0. The summed E-state index contributed by atoms with van der Waals surface area (Å²) in [5, 5.41) is 3.68. The molecule has 0 atom stereocenters. The number of halogens is 3. The van der Waals surface area contributed by atoms with E-state index in [1.807, 2.05) is 18.4 Å². The average Bonchev–Trinajstić information content (AvgIpc) is 3.01. The topological polar surface area (TPSA) is 26.0 Å². The molecule has 1 aromatic heterocycles. The van der Waals surface area contributed by atoms with Gasteiger partial charge in [-0.25, -0.2) is 0 Å². The molecule has 0 aliphatic carbocycles. The van der Waals surface area contributed by atoms with Crippen LogP contribution < -0.4 is 0 Å². The van der Waals surface area contributed by atoms with Gasteiger partial charge in [0.15, 0.2) is 0 Å². The summed E-state index contributed by atoms with van der Waals surface area (Å²) < 4.78 is 44.4. The zero-order valence-corrected chi connectivity index (χ0v) is 12.9. The molecule has 6 heteroatoms. The van der Waals surface area contributed by atoms with E-state index in [-0.39, 0.29) is 11.3 Å². The third kappa shape index (κ3) is 3.12. The maximum absolute atomic E-state index is 13.2. The number of rotatable bonds is 3. The Morgan fingerprint density at radius 3 is 2.13 bits per heavy atom. The van der Waals surface area contributed by atoms with Crippen LogP contribution in [0.2, 0.25) is 0 Å². The van der Waals surface area contributed by atoms with Crippen LogP contribution >= 0.6 is 11.8 Å².